The van der Waals surface area contributed by atoms with Crippen molar-refractivity contribution >= 4 is 5.91 Å². The molecule has 3 heteroatoms. The Bertz CT molecular complexity index is 428. The Labute approximate surface area is 109 Å². The number of hydrogen-bond donors (Lipinski definition) is 1. The molecule has 1 heterocycles. The summed E-state index contributed by atoms with van der Waals surface area (Å²) >= 11 is 0. The van der Waals surface area contributed by atoms with Crippen LogP contribution in [0.4, 0.5) is 0 Å². The van der Waals surface area contributed by atoms with Crippen LogP contribution in [0, 0.1) is 6.92 Å². The quantitative estimate of drug-likeness (QED) is 0.882. The Hall–Kier alpha value is -1.35. The van der Waals surface area contributed by atoms with Gasteiger partial charge in [-0.05, 0) is 24.5 Å². The number of benzene rings is 1. The summed E-state index contributed by atoms with van der Waals surface area (Å²) in [5, 5.41) is 3.33. The van der Waals surface area contributed by atoms with Gasteiger partial charge in [-0.3, -0.25) is 4.79 Å². The summed E-state index contributed by atoms with van der Waals surface area (Å²) < 4.78 is 0. The van der Waals surface area contributed by atoms with E-state index in [0.29, 0.717) is 6.04 Å². The highest BCUT2D eigenvalue weighted by Gasteiger charge is 2.31. The van der Waals surface area contributed by atoms with E-state index in [1.807, 2.05) is 17.0 Å². The number of aryl methyl sites for hydroxylation is 1. The number of carbonyl (C=O) groups excluding carboxylic acids is 1. The molecule has 0 aliphatic carbocycles. The largest absolute Gasteiger partial charge is 0.337 e. The molecule has 0 saturated carbocycles. The van der Waals surface area contributed by atoms with Gasteiger partial charge < -0.3 is 10.2 Å². The average Bonchev–Trinajstić information content (AvgIpc) is 2.64. The molecule has 1 N–H and O–H groups in total. The standard InChI is InChI=1S/C15H22N2O/c1-11(2)16-14-8-9-17(15(14)18)10-13-7-5-4-6-12(13)3/h4-7,11,14,16H,8-10H2,1-3H3. The molecule has 1 unspecified atom stereocenters. The van der Waals surface area contributed by atoms with Crippen molar-refractivity contribution in [3.05, 3.63) is 35.4 Å². The maximum absolute atomic E-state index is 12.2. The molecule has 1 aliphatic heterocycles. The van der Waals surface area contributed by atoms with Crippen LogP contribution in [-0.2, 0) is 11.3 Å². The summed E-state index contributed by atoms with van der Waals surface area (Å²) in [4.78, 5) is 14.2. The van der Waals surface area contributed by atoms with Crippen LogP contribution in [0.2, 0.25) is 0 Å². The molecule has 1 aromatic carbocycles. The lowest BCUT2D eigenvalue weighted by atomic mass is 10.1. The minimum absolute atomic E-state index is 0.00835. The van der Waals surface area contributed by atoms with Crippen molar-refractivity contribution in [1.29, 1.82) is 0 Å². The van der Waals surface area contributed by atoms with Crippen LogP contribution >= 0.6 is 0 Å². The van der Waals surface area contributed by atoms with E-state index in [2.05, 4.69) is 38.2 Å². The second-order valence-corrected chi connectivity index (χ2v) is 5.35. The van der Waals surface area contributed by atoms with Gasteiger partial charge in [-0.25, -0.2) is 0 Å². The maximum Gasteiger partial charge on any atom is 0.240 e. The third-order valence-corrected chi connectivity index (χ3v) is 3.45. The highest BCUT2D eigenvalue weighted by molar-refractivity contribution is 5.84. The Morgan fingerprint density at radius 2 is 2.11 bits per heavy atom. The number of likely N-dealkylation sites (tertiary alicyclic amines) is 1. The zero-order valence-corrected chi connectivity index (χ0v) is 11.4. The molecule has 1 aliphatic rings. The number of nitrogens with zero attached hydrogens (tertiary/aromatic N) is 1. The summed E-state index contributed by atoms with van der Waals surface area (Å²) in [5.41, 5.74) is 2.50. The predicted molar refractivity (Wildman–Crippen MR) is 73.3 cm³/mol. The van der Waals surface area contributed by atoms with Gasteiger partial charge in [0.1, 0.15) is 0 Å². The van der Waals surface area contributed by atoms with Crippen molar-refractivity contribution in [2.24, 2.45) is 0 Å². The first-order valence-electron chi connectivity index (χ1n) is 6.67. The molecule has 0 spiro atoms. The van der Waals surface area contributed by atoms with Gasteiger partial charge in [0.15, 0.2) is 0 Å². The van der Waals surface area contributed by atoms with E-state index in [1.54, 1.807) is 0 Å². The van der Waals surface area contributed by atoms with Gasteiger partial charge in [-0.2, -0.15) is 0 Å². The van der Waals surface area contributed by atoms with Gasteiger partial charge >= 0.3 is 0 Å². The second kappa shape index (κ2) is 5.53. The van der Waals surface area contributed by atoms with E-state index >= 15 is 0 Å². The van der Waals surface area contributed by atoms with Gasteiger partial charge in [0, 0.05) is 19.1 Å². The van der Waals surface area contributed by atoms with Crippen LogP contribution in [0.15, 0.2) is 24.3 Å². The highest BCUT2D eigenvalue weighted by Crippen LogP contribution is 2.17. The summed E-state index contributed by atoms with van der Waals surface area (Å²) in [5.74, 6) is 0.243. The third kappa shape index (κ3) is 2.91. The SMILES string of the molecule is Cc1ccccc1CN1CCC(NC(C)C)C1=O. The lowest BCUT2D eigenvalue weighted by Gasteiger charge is -2.19. The molecule has 1 fully saturated rings. The molecule has 0 bridgehead atoms. The van der Waals surface area contributed by atoms with E-state index in [1.165, 1.54) is 11.1 Å². The minimum atomic E-state index is 0.00835. The average molecular weight is 246 g/mol. The van der Waals surface area contributed by atoms with Crippen LogP contribution in [0.5, 0.6) is 0 Å². The van der Waals surface area contributed by atoms with E-state index in [9.17, 15) is 4.79 Å². The molecule has 1 amide bonds. The topological polar surface area (TPSA) is 32.3 Å². The fraction of sp³-hybridized carbons (Fsp3) is 0.533. The van der Waals surface area contributed by atoms with E-state index in [-0.39, 0.29) is 11.9 Å². The number of nitrogens with one attached hydrogen (secondary N) is 1. The fourth-order valence-electron chi connectivity index (χ4n) is 2.45. The first kappa shape index (κ1) is 13.1. The summed E-state index contributed by atoms with van der Waals surface area (Å²) in [7, 11) is 0. The van der Waals surface area contributed by atoms with Crippen molar-refractivity contribution in [3.8, 4) is 0 Å². The molecule has 2 rings (SSSR count). The second-order valence-electron chi connectivity index (χ2n) is 5.35. The zero-order chi connectivity index (χ0) is 13.1. The van der Waals surface area contributed by atoms with Crippen molar-refractivity contribution in [1.82, 2.24) is 10.2 Å². The third-order valence-electron chi connectivity index (χ3n) is 3.45. The first-order valence-corrected chi connectivity index (χ1v) is 6.67. The van der Waals surface area contributed by atoms with Gasteiger partial charge in [0.25, 0.3) is 0 Å². The van der Waals surface area contributed by atoms with Gasteiger partial charge in [0.05, 0.1) is 6.04 Å². The van der Waals surface area contributed by atoms with Crippen molar-refractivity contribution in [2.45, 2.75) is 45.8 Å². The maximum atomic E-state index is 12.2. The molecule has 18 heavy (non-hydrogen) atoms. The summed E-state index contributed by atoms with van der Waals surface area (Å²) in [6.07, 6.45) is 0.920. The summed E-state index contributed by atoms with van der Waals surface area (Å²) in [6.45, 7) is 7.85. The minimum Gasteiger partial charge on any atom is -0.337 e. The smallest absolute Gasteiger partial charge is 0.240 e. The molecule has 3 nitrogen and oxygen atoms in total. The van der Waals surface area contributed by atoms with Crippen LogP contribution in [0.3, 0.4) is 0 Å². The van der Waals surface area contributed by atoms with Gasteiger partial charge in [0.2, 0.25) is 5.91 Å². The number of carbonyl (C=O) groups is 1. The molecule has 0 aromatic heterocycles. The molecular weight excluding hydrogens is 224 g/mol. The van der Waals surface area contributed by atoms with Crippen LogP contribution in [0.25, 0.3) is 0 Å². The zero-order valence-electron chi connectivity index (χ0n) is 11.4. The van der Waals surface area contributed by atoms with Gasteiger partial charge in [-0.15, -0.1) is 0 Å². The monoisotopic (exact) mass is 246 g/mol. The fourth-order valence-corrected chi connectivity index (χ4v) is 2.45. The predicted octanol–water partition coefficient (Wildman–Crippen LogP) is 2.09. The van der Waals surface area contributed by atoms with Crippen LogP contribution in [-0.4, -0.2) is 29.4 Å². The van der Waals surface area contributed by atoms with E-state index < -0.39 is 0 Å². The molecular formula is C15H22N2O. The molecule has 1 atom stereocenters. The molecule has 0 radical (unpaired) electrons. The molecule has 98 valence electrons. The van der Waals surface area contributed by atoms with Crippen molar-refractivity contribution in [3.63, 3.8) is 0 Å². The van der Waals surface area contributed by atoms with Crippen molar-refractivity contribution in [2.75, 3.05) is 6.54 Å². The summed E-state index contributed by atoms with van der Waals surface area (Å²) in [6, 6.07) is 8.64. The highest BCUT2D eigenvalue weighted by atomic mass is 16.2. The Morgan fingerprint density at radius 3 is 2.78 bits per heavy atom. The van der Waals surface area contributed by atoms with Gasteiger partial charge in [-0.1, -0.05) is 38.1 Å². The first-order chi connectivity index (χ1) is 8.58. The van der Waals surface area contributed by atoms with E-state index in [0.717, 1.165) is 19.5 Å². The van der Waals surface area contributed by atoms with Crippen LogP contribution < -0.4 is 5.32 Å². The lowest BCUT2D eigenvalue weighted by Crippen LogP contribution is -2.41. The van der Waals surface area contributed by atoms with Crippen LogP contribution in [0.1, 0.15) is 31.4 Å². The number of hydrogen-bond acceptors (Lipinski definition) is 2. The Balaban J connectivity index is 2.00. The Morgan fingerprint density at radius 1 is 1.39 bits per heavy atom. The van der Waals surface area contributed by atoms with E-state index in [4.69, 9.17) is 0 Å². The number of rotatable bonds is 4. The molecule has 1 saturated heterocycles. The number of amides is 1. The Kier molecular flexibility index (Phi) is 4.02. The lowest BCUT2D eigenvalue weighted by molar-refractivity contribution is -0.130. The normalized spacial score (nSPS) is 19.9. The van der Waals surface area contributed by atoms with Crippen molar-refractivity contribution < 1.29 is 4.79 Å². The molecule has 1 aromatic rings.